The van der Waals surface area contributed by atoms with Gasteiger partial charge in [0.2, 0.25) is 0 Å². The Kier molecular flexibility index (Phi) is 3.68. The Morgan fingerprint density at radius 1 is 1.30 bits per heavy atom. The minimum absolute atomic E-state index is 0.0780. The van der Waals surface area contributed by atoms with Crippen molar-refractivity contribution in [2.75, 3.05) is 11.5 Å². The molecule has 2 unspecified atom stereocenters. The van der Waals surface area contributed by atoms with Gasteiger partial charge < -0.3 is 10.5 Å². The first-order valence-corrected chi connectivity index (χ1v) is 8.01. The minimum atomic E-state index is -1.22. The van der Waals surface area contributed by atoms with Crippen molar-refractivity contribution in [3.05, 3.63) is 53.1 Å². The van der Waals surface area contributed by atoms with Gasteiger partial charge in [-0.3, -0.25) is 4.21 Å². The van der Waals surface area contributed by atoms with E-state index in [-0.39, 0.29) is 6.10 Å². The number of nitrogen functional groups attached to an aromatic ring is 1. The summed E-state index contributed by atoms with van der Waals surface area (Å²) < 4.78 is 18.2. The summed E-state index contributed by atoms with van der Waals surface area (Å²) >= 11 is 6.08. The molecule has 3 rings (SSSR count). The highest BCUT2D eigenvalue weighted by Gasteiger charge is 2.25. The van der Waals surface area contributed by atoms with Gasteiger partial charge in [-0.15, -0.1) is 0 Å². The van der Waals surface area contributed by atoms with Gasteiger partial charge in [0.1, 0.15) is 11.9 Å². The molecule has 0 saturated heterocycles. The van der Waals surface area contributed by atoms with Gasteiger partial charge in [-0.2, -0.15) is 0 Å². The maximum Gasteiger partial charge on any atom is 0.123 e. The fraction of sp³-hybridized carbons (Fsp3) is 0.200. The highest BCUT2D eigenvalue weighted by Crippen LogP contribution is 2.30. The van der Waals surface area contributed by atoms with Gasteiger partial charge in [-0.25, -0.2) is 0 Å². The molecular formula is C15H14ClNO2S. The van der Waals surface area contributed by atoms with Crippen LogP contribution in [0.3, 0.4) is 0 Å². The van der Waals surface area contributed by atoms with E-state index in [0.717, 1.165) is 17.7 Å². The van der Waals surface area contributed by atoms with Crippen LogP contribution in [-0.2, 0) is 17.2 Å². The topological polar surface area (TPSA) is 52.3 Å². The van der Waals surface area contributed by atoms with Gasteiger partial charge in [0.25, 0.3) is 0 Å². The summed E-state index contributed by atoms with van der Waals surface area (Å²) in [5, 5.41) is 0.480. The van der Waals surface area contributed by atoms with Crippen molar-refractivity contribution in [2.24, 2.45) is 0 Å². The Labute approximate surface area is 125 Å². The first kappa shape index (κ1) is 13.5. The van der Waals surface area contributed by atoms with Gasteiger partial charge in [0.15, 0.2) is 0 Å². The molecule has 0 bridgehead atoms. The maximum atomic E-state index is 12.4. The Balaban J connectivity index is 1.74. The van der Waals surface area contributed by atoms with Crippen LogP contribution in [0.25, 0.3) is 0 Å². The summed E-state index contributed by atoms with van der Waals surface area (Å²) in [5.74, 6) is 1.30. The highest BCUT2D eigenvalue weighted by molar-refractivity contribution is 7.85. The highest BCUT2D eigenvalue weighted by atomic mass is 35.5. The van der Waals surface area contributed by atoms with Crippen molar-refractivity contribution >= 4 is 28.1 Å². The van der Waals surface area contributed by atoms with Crippen LogP contribution >= 0.6 is 11.6 Å². The summed E-state index contributed by atoms with van der Waals surface area (Å²) in [5.41, 5.74) is 7.44. The van der Waals surface area contributed by atoms with Crippen molar-refractivity contribution in [1.82, 2.24) is 0 Å². The molecule has 20 heavy (non-hydrogen) atoms. The Morgan fingerprint density at radius 2 is 2.10 bits per heavy atom. The fourth-order valence-corrected chi connectivity index (χ4v) is 3.93. The smallest absolute Gasteiger partial charge is 0.123 e. The molecule has 1 heterocycles. The van der Waals surface area contributed by atoms with E-state index >= 15 is 0 Å². The first-order chi connectivity index (χ1) is 9.63. The fourth-order valence-electron chi connectivity index (χ4n) is 2.30. The molecule has 2 aromatic rings. The zero-order valence-electron chi connectivity index (χ0n) is 10.7. The lowest BCUT2D eigenvalue weighted by atomic mass is 10.1. The molecule has 0 fully saturated rings. The molecule has 0 amide bonds. The van der Waals surface area contributed by atoms with E-state index in [4.69, 9.17) is 22.1 Å². The van der Waals surface area contributed by atoms with Crippen molar-refractivity contribution in [3.8, 4) is 5.75 Å². The Bertz CT molecular complexity index is 650. The summed E-state index contributed by atoms with van der Waals surface area (Å²) in [6.07, 6.45) is 0.702. The quantitative estimate of drug-likeness (QED) is 0.887. The van der Waals surface area contributed by atoms with Crippen molar-refractivity contribution in [1.29, 1.82) is 0 Å². The van der Waals surface area contributed by atoms with Gasteiger partial charge in [-0.05, 0) is 29.8 Å². The number of hydrogen-bond acceptors (Lipinski definition) is 3. The monoisotopic (exact) mass is 307 g/mol. The van der Waals surface area contributed by atoms with Crippen LogP contribution in [0.1, 0.15) is 5.56 Å². The number of para-hydroxylation sites is 1. The number of rotatable bonds is 3. The Hall–Kier alpha value is -1.52. The largest absolute Gasteiger partial charge is 0.489 e. The summed E-state index contributed by atoms with van der Waals surface area (Å²) in [6, 6.07) is 12.9. The van der Waals surface area contributed by atoms with Crippen molar-refractivity contribution < 1.29 is 8.95 Å². The molecule has 5 heteroatoms. The summed E-state index contributed by atoms with van der Waals surface area (Å²) in [6.45, 7) is 0. The third-order valence-corrected chi connectivity index (χ3v) is 5.20. The minimum Gasteiger partial charge on any atom is -0.489 e. The molecule has 1 aliphatic heterocycles. The molecule has 0 aliphatic carbocycles. The molecule has 2 aromatic carbocycles. The second kappa shape index (κ2) is 5.46. The number of anilines is 1. The number of ether oxygens (including phenoxy) is 1. The standard InChI is InChI=1S/C15H14ClNO2S/c16-13-6-5-11(17)8-15(13)20(18)9-12-7-10-3-1-2-4-14(10)19-12/h1-6,8,12H,7,9,17H2. The van der Waals surface area contributed by atoms with Crippen LogP contribution in [0.5, 0.6) is 5.75 Å². The summed E-state index contributed by atoms with van der Waals surface area (Å²) in [7, 11) is -1.22. The lowest BCUT2D eigenvalue weighted by Crippen LogP contribution is -2.21. The van der Waals surface area contributed by atoms with Gasteiger partial charge in [0.05, 0.1) is 26.5 Å². The van der Waals surface area contributed by atoms with Crippen LogP contribution in [-0.4, -0.2) is 16.1 Å². The number of benzene rings is 2. The van der Waals surface area contributed by atoms with Crippen molar-refractivity contribution in [3.63, 3.8) is 0 Å². The third kappa shape index (κ3) is 2.67. The van der Waals surface area contributed by atoms with Crippen LogP contribution < -0.4 is 10.5 Å². The molecule has 3 nitrogen and oxygen atoms in total. The maximum absolute atomic E-state index is 12.4. The predicted molar refractivity (Wildman–Crippen MR) is 81.7 cm³/mol. The van der Waals surface area contributed by atoms with Crippen LogP contribution in [0.2, 0.25) is 5.02 Å². The second-order valence-corrected chi connectivity index (χ2v) is 6.63. The molecule has 0 spiro atoms. The van der Waals surface area contributed by atoms with Crippen LogP contribution in [0, 0.1) is 0 Å². The van der Waals surface area contributed by atoms with Crippen LogP contribution in [0.15, 0.2) is 47.4 Å². The lowest BCUT2D eigenvalue weighted by Gasteiger charge is -2.11. The number of nitrogens with two attached hydrogens (primary N) is 1. The molecule has 0 saturated carbocycles. The first-order valence-electron chi connectivity index (χ1n) is 6.31. The van der Waals surface area contributed by atoms with E-state index in [1.54, 1.807) is 18.2 Å². The molecule has 2 N–H and O–H groups in total. The molecule has 0 radical (unpaired) electrons. The normalized spacial score (nSPS) is 18.4. The Morgan fingerprint density at radius 3 is 2.90 bits per heavy atom. The average molecular weight is 308 g/mol. The predicted octanol–water partition coefficient (Wildman–Crippen LogP) is 3.03. The number of hydrogen-bond donors (Lipinski definition) is 1. The van der Waals surface area contributed by atoms with Gasteiger partial charge in [0, 0.05) is 12.1 Å². The van der Waals surface area contributed by atoms with E-state index in [0.29, 0.717) is 21.4 Å². The van der Waals surface area contributed by atoms with E-state index in [9.17, 15) is 4.21 Å². The molecule has 104 valence electrons. The molecule has 0 aromatic heterocycles. The van der Waals surface area contributed by atoms with Gasteiger partial charge >= 0.3 is 0 Å². The zero-order valence-corrected chi connectivity index (χ0v) is 12.3. The number of halogens is 1. The summed E-state index contributed by atoms with van der Waals surface area (Å²) in [4.78, 5) is 0.575. The van der Waals surface area contributed by atoms with E-state index in [1.807, 2.05) is 24.3 Å². The molecule has 2 atom stereocenters. The average Bonchev–Trinajstić information content (AvgIpc) is 2.83. The van der Waals surface area contributed by atoms with Crippen LogP contribution in [0.4, 0.5) is 5.69 Å². The second-order valence-electron chi connectivity index (χ2n) is 4.75. The molecule has 1 aliphatic rings. The van der Waals surface area contributed by atoms with Gasteiger partial charge in [-0.1, -0.05) is 29.8 Å². The lowest BCUT2D eigenvalue weighted by molar-refractivity contribution is 0.258. The van der Waals surface area contributed by atoms with E-state index in [2.05, 4.69) is 0 Å². The number of fused-ring (bicyclic) bond motifs is 1. The molecular weight excluding hydrogens is 294 g/mol. The van der Waals surface area contributed by atoms with E-state index in [1.165, 1.54) is 0 Å². The SMILES string of the molecule is Nc1ccc(Cl)c(S(=O)CC2Cc3ccccc3O2)c1. The third-order valence-electron chi connectivity index (χ3n) is 3.25. The van der Waals surface area contributed by atoms with E-state index < -0.39 is 10.8 Å². The van der Waals surface area contributed by atoms with Crippen molar-refractivity contribution in [2.45, 2.75) is 17.4 Å². The zero-order chi connectivity index (χ0) is 14.1.